The summed E-state index contributed by atoms with van der Waals surface area (Å²) >= 11 is 0.777. The highest BCUT2D eigenvalue weighted by atomic mass is 32.1. The summed E-state index contributed by atoms with van der Waals surface area (Å²) in [5.74, 6) is -1.06. The van der Waals surface area contributed by atoms with Crippen LogP contribution in [0.15, 0.2) is 30.3 Å². The van der Waals surface area contributed by atoms with Crippen molar-refractivity contribution in [3.05, 3.63) is 52.3 Å². The van der Waals surface area contributed by atoms with Crippen LogP contribution in [0.4, 0.5) is 28.9 Å². The van der Waals surface area contributed by atoms with Gasteiger partial charge in [0.2, 0.25) is 0 Å². The van der Waals surface area contributed by atoms with Gasteiger partial charge in [-0.05, 0) is 42.8 Å². The Morgan fingerprint density at radius 1 is 1.24 bits per heavy atom. The Bertz CT molecular complexity index is 964. The molecule has 4 nitrogen and oxygen atoms in total. The molecule has 1 amide bonds. The zero-order valence-corrected chi connectivity index (χ0v) is 13.6. The van der Waals surface area contributed by atoms with Crippen LogP contribution in [0.3, 0.4) is 0 Å². The number of amides is 1. The van der Waals surface area contributed by atoms with E-state index in [1.807, 2.05) is 0 Å². The van der Waals surface area contributed by atoms with Crippen molar-refractivity contribution in [3.8, 4) is 0 Å². The molecule has 0 aliphatic rings. The largest absolute Gasteiger partial charge is 0.433 e. The molecule has 0 saturated carbocycles. The minimum absolute atomic E-state index is 0.0362. The molecule has 0 radical (unpaired) electrons. The highest BCUT2D eigenvalue weighted by Crippen LogP contribution is 2.38. The van der Waals surface area contributed by atoms with E-state index in [0.717, 1.165) is 17.4 Å². The first kappa shape index (κ1) is 17.2. The Balaban J connectivity index is 2.02. The van der Waals surface area contributed by atoms with Crippen molar-refractivity contribution in [1.29, 1.82) is 0 Å². The number of carbonyl (C=O) groups is 1. The molecular weight excluding hydrogens is 358 g/mol. The summed E-state index contributed by atoms with van der Waals surface area (Å²) in [6.45, 7) is 1.48. The van der Waals surface area contributed by atoms with Crippen LogP contribution in [0.5, 0.6) is 0 Å². The number of anilines is 2. The number of aromatic nitrogens is 1. The van der Waals surface area contributed by atoms with E-state index < -0.39 is 23.6 Å². The molecule has 2 heterocycles. The van der Waals surface area contributed by atoms with Gasteiger partial charge in [-0.1, -0.05) is 0 Å². The van der Waals surface area contributed by atoms with Crippen LogP contribution >= 0.6 is 11.3 Å². The number of nitrogens with one attached hydrogen (secondary N) is 1. The van der Waals surface area contributed by atoms with E-state index in [4.69, 9.17) is 5.73 Å². The Morgan fingerprint density at radius 2 is 1.88 bits per heavy atom. The number of hydrogen-bond acceptors (Lipinski definition) is 4. The molecule has 9 heteroatoms. The van der Waals surface area contributed by atoms with Crippen LogP contribution in [0.1, 0.15) is 20.9 Å². The van der Waals surface area contributed by atoms with Gasteiger partial charge in [0.15, 0.2) is 0 Å². The lowest BCUT2D eigenvalue weighted by Crippen LogP contribution is -2.12. The standard InChI is InChI=1S/C16H11F4N3OS/c1-7-6-10(16(18,19)20)23-15-11(7)12(21)13(25-15)14(24)22-9-4-2-8(17)3-5-9/h2-6H,21H2,1H3,(H,22,24). The molecule has 3 N–H and O–H groups in total. The number of hydrogen-bond donors (Lipinski definition) is 2. The van der Waals surface area contributed by atoms with E-state index in [2.05, 4.69) is 10.3 Å². The number of rotatable bonds is 2. The molecule has 0 unspecified atom stereocenters. The molecular formula is C16H11F4N3OS. The van der Waals surface area contributed by atoms with Gasteiger partial charge in [0, 0.05) is 11.1 Å². The Labute approximate surface area is 143 Å². The normalized spacial score (nSPS) is 11.7. The van der Waals surface area contributed by atoms with E-state index >= 15 is 0 Å². The quantitative estimate of drug-likeness (QED) is 0.649. The van der Waals surface area contributed by atoms with Gasteiger partial charge in [-0.2, -0.15) is 13.2 Å². The second kappa shape index (κ2) is 5.99. The van der Waals surface area contributed by atoms with Gasteiger partial charge in [-0.15, -0.1) is 11.3 Å². The first-order chi connectivity index (χ1) is 11.7. The summed E-state index contributed by atoms with van der Waals surface area (Å²) in [5, 5.41) is 2.85. The van der Waals surface area contributed by atoms with Crippen molar-refractivity contribution in [2.75, 3.05) is 11.1 Å². The maximum absolute atomic E-state index is 12.9. The number of thiophene rings is 1. The van der Waals surface area contributed by atoms with Crippen molar-refractivity contribution in [2.45, 2.75) is 13.1 Å². The molecule has 2 aromatic heterocycles. The maximum Gasteiger partial charge on any atom is 0.433 e. The number of fused-ring (bicyclic) bond motifs is 1. The molecule has 0 spiro atoms. The Morgan fingerprint density at radius 3 is 2.48 bits per heavy atom. The minimum atomic E-state index is -4.59. The summed E-state index contributed by atoms with van der Waals surface area (Å²) in [7, 11) is 0. The molecule has 0 aliphatic carbocycles. The molecule has 0 bridgehead atoms. The lowest BCUT2D eigenvalue weighted by molar-refractivity contribution is -0.141. The maximum atomic E-state index is 12.9. The van der Waals surface area contributed by atoms with Gasteiger partial charge in [0.1, 0.15) is 21.2 Å². The molecule has 25 heavy (non-hydrogen) atoms. The number of pyridine rings is 1. The van der Waals surface area contributed by atoms with Crippen LogP contribution < -0.4 is 11.1 Å². The highest BCUT2D eigenvalue weighted by molar-refractivity contribution is 7.21. The summed E-state index contributed by atoms with van der Waals surface area (Å²) in [6.07, 6.45) is -4.59. The van der Waals surface area contributed by atoms with Crippen LogP contribution in [-0.2, 0) is 6.18 Å². The Hall–Kier alpha value is -2.68. The second-order valence-electron chi connectivity index (χ2n) is 5.31. The van der Waals surface area contributed by atoms with Crippen molar-refractivity contribution in [2.24, 2.45) is 0 Å². The zero-order valence-electron chi connectivity index (χ0n) is 12.7. The van der Waals surface area contributed by atoms with Gasteiger partial charge >= 0.3 is 6.18 Å². The lowest BCUT2D eigenvalue weighted by Gasteiger charge is -2.07. The first-order valence-electron chi connectivity index (χ1n) is 7.00. The van der Waals surface area contributed by atoms with Gasteiger partial charge in [-0.25, -0.2) is 9.37 Å². The van der Waals surface area contributed by atoms with Gasteiger partial charge in [0.25, 0.3) is 5.91 Å². The predicted molar refractivity (Wildman–Crippen MR) is 88.1 cm³/mol. The van der Waals surface area contributed by atoms with Crippen LogP contribution in [0.2, 0.25) is 0 Å². The van der Waals surface area contributed by atoms with Crippen molar-refractivity contribution >= 4 is 38.8 Å². The molecule has 3 aromatic rings. The number of nitrogens with zero attached hydrogens (tertiary/aromatic N) is 1. The van der Waals surface area contributed by atoms with Crippen LogP contribution in [0, 0.1) is 12.7 Å². The summed E-state index contributed by atoms with van der Waals surface area (Å²) < 4.78 is 51.5. The molecule has 0 aliphatic heterocycles. The molecule has 3 rings (SSSR count). The fraction of sp³-hybridized carbons (Fsp3) is 0.125. The number of halogens is 4. The van der Waals surface area contributed by atoms with Crippen LogP contribution in [0.25, 0.3) is 10.2 Å². The monoisotopic (exact) mass is 369 g/mol. The van der Waals surface area contributed by atoms with Gasteiger partial charge in [0.05, 0.1) is 5.69 Å². The average molecular weight is 369 g/mol. The lowest BCUT2D eigenvalue weighted by atomic mass is 10.1. The summed E-state index contributed by atoms with van der Waals surface area (Å²) in [4.78, 5) is 16.0. The number of carbonyl (C=O) groups excluding carboxylic acids is 1. The van der Waals surface area contributed by atoms with E-state index in [1.165, 1.54) is 31.2 Å². The van der Waals surface area contributed by atoms with Gasteiger partial charge in [-0.3, -0.25) is 4.79 Å². The predicted octanol–water partition coefficient (Wildman–Crippen LogP) is 4.60. The molecule has 1 aromatic carbocycles. The van der Waals surface area contributed by atoms with E-state index in [-0.39, 0.29) is 21.0 Å². The van der Waals surface area contributed by atoms with E-state index in [9.17, 15) is 22.4 Å². The third kappa shape index (κ3) is 3.27. The first-order valence-corrected chi connectivity index (χ1v) is 7.82. The summed E-state index contributed by atoms with van der Waals surface area (Å²) in [6, 6.07) is 5.97. The van der Waals surface area contributed by atoms with Gasteiger partial charge < -0.3 is 11.1 Å². The molecule has 0 atom stereocenters. The topological polar surface area (TPSA) is 68.0 Å². The summed E-state index contributed by atoms with van der Waals surface area (Å²) in [5.41, 5.74) is 5.60. The third-order valence-electron chi connectivity index (χ3n) is 3.49. The second-order valence-corrected chi connectivity index (χ2v) is 6.31. The minimum Gasteiger partial charge on any atom is -0.397 e. The number of nitrogen functional groups attached to an aromatic ring is 1. The Kier molecular flexibility index (Phi) is 4.11. The van der Waals surface area contributed by atoms with Crippen molar-refractivity contribution in [1.82, 2.24) is 4.98 Å². The van der Waals surface area contributed by atoms with E-state index in [1.54, 1.807) is 0 Å². The molecule has 130 valence electrons. The van der Waals surface area contributed by atoms with Crippen molar-refractivity contribution < 1.29 is 22.4 Å². The number of alkyl halides is 3. The molecule has 0 saturated heterocycles. The number of aryl methyl sites for hydroxylation is 1. The smallest absolute Gasteiger partial charge is 0.397 e. The fourth-order valence-electron chi connectivity index (χ4n) is 2.35. The highest BCUT2D eigenvalue weighted by Gasteiger charge is 2.34. The third-order valence-corrected chi connectivity index (χ3v) is 4.59. The SMILES string of the molecule is Cc1cc(C(F)(F)F)nc2sc(C(=O)Nc3ccc(F)cc3)c(N)c12. The van der Waals surface area contributed by atoms with Crippen molar-refractivity contribution in [3.63, 3.8) is 0 Å². The number of nitrogens with two attached hydrogens (primary N) is 1. The average Bonchev–Trinajstić information content (AvgIpc) is 2.86. The van der Waals surface area contributed by atoms with E-state index in [0.29, 0.717) is 11.1 Å². The fourth-order valence-corrected chi connectivity index (χ4v) is 3.41. The zero-order chi connectivity index (χ0) is 18.4. The van der Waals surface area contributed by atoms with Crippen LogP contribution in [-0.4, -0.2) is 10.9 Å². The molecule has 0 fully saturated rings. The number of benzene rings is 1.